The number of benzene rings is 1. The Kier molecular flexibility index (Phi) is 3.83. The van der Waals surface area contributed by atoms with Crippen LogP contribution in [0.4, 0.5) is 11.4 Å². The standard InChI is InChI=1S/C11H15N5O2/c1-14-6-8-15(9-7-14)13-12-10-2-4-11(5-3-10)16(17)18/h2-5H,6-9H2,1H3. The zero-order chi connectivity index (χ0) is 13.0. The Hall–Kier alpha value is -2.02. The molecule has 0 N–H and O–H groups in total. The summed E-state index contributed by atoms with van der Waals surface area (Å²) in [5, 5.41) is 20.6. The molecule has 18 heavy (non-hydrogen) atoms. The first-order chi connectivity index (χ1) is 8.65. The van der Waals surface area contributed by atoms with Gasteiger partial charge in [-0.2, -0.15) is 0 Å². The smallest absolute Gasteiger partial charge is 0.269 e. The first kappa shape index (κ1) is 12.4. The summed E-state index contributed by atoms with van der Waals surface area (Å²) < 4.78 is 0. The lowest BCUT2D eigenvalue weighted by Gasteiger charge is -2.29. The maximum absolute atomic E-state index is 10.5. The molecule has 1 saturated heterocycles. The third-order valence-corrected chi connectivity index (χ3v) is 2.83. The highest BCUT2D eigenvalue weighted by Gasteiger charge is 2.11. The van der Waals surface area contributed by atoms with Crippen LogP contribution in [0.1, 0.15) is 0 Å². The van der Waals surface area contributed by atoms with Gasteiger partial charge in [0.05, 0.1) is 23.7 Å². The van der Waals surface area contributed by atoms with Crippen molar-refractivity contribution in [2.45, 2.75) is 0 Å². The Labute approximate surface area is 105 Å². The third kappa shape index (κ3) is 3.24. The molecule has 1 aromatic carbocycles. The van der Waals surface area contributed by atoms with Gasteiger partial charge in [0.2, 0.25) is 0 Å². The molecule has 0 bridgehead atoms. The topological polar surface area (TPSA) is 74.3 Å². The van der Waals surface area contributed by atoms with Crippen molar-refractivity contribution in [1.82, 2.24) is 9.91 Å². The number of nitro benzene ring substituents is 1. The zero-order valence-corrected chi connectivity index (χ0v) is 10.2. The van der Waals surface area contributed by atoms with Gasteiger partial charge in [0.25, 0.3) is 5.69 Å². The molecule has 2 rings (SSSR count). The fourth-order valence-corrected chi connectivity index (χ4v) is 1.64. The van der Waals surface area contributed by atoms with E-state index in [1.807, 2.05) is 5.01 Å². The number of nitro groups is 1. The second kappa shape index (κ2) is 5.54. The van der Waals surface area contributed by atoms with E-state index in [1.165, 1.54) is 12.1 Å². The predicted molar refractivity (Wildman–Crippen MR) is 66.7 cm³/mol. The lowest BCUT2D eigenvalue weighted by atomic mass is 10.3. The second-order valence-electron chi connectivity index (χ2n) is 4.22. The molecule has 7 heteroatoms. The minimum Gasteiger partial charge on any atom is -0.303 e. The van der Waals surface area contributed by atoms with Crippen molar-refractivity contribution in [3.8, 4) is 0 Å². The van der Waals surface area contributed by atoms with Gasteiger partial charge in [-0.25, -0.2) is 0 Å². The fourth-order valence-electron chi connectivity index (χ4n) is 1.64. The van der Waals surface area contributed by atoms with Gasteiger partial charge in [0.1, 0.15) is 0 Å². The van der Waals surface area contributed by atoms with Crippen molar-refractivity contribution in [3.05, 3.63) is 34.4 Å². The van der Waals surface area contributed by atoms with E-state index in [0.717, 1.165) is 26.2 Å². The Morgan fingerprint density at radius 1 is 1.17 bits per heavy atom. The van der Waals surface area contributed by atoms with E-state index < -0.39 is 4.92 Å². The minimum atomic E-state index is -0.429. The van der Waals surface area contributed by atoms with Crippen LogP contribution in [0.5, 0.6) is 0 Å². The van der Waals surface area contributed by atoms with Gasteiger partial charge in [-0.05, 0) is 19.2 Å². The molecule has 0 radical (unpaired) electrons. The fraction of sp³-hybridized carbons (Fsp3) is 0.455. The van der Waals surface area contributed by atoms with Gasteiger partial charge in [-0.1, -0.05) is 5.22 Å². The van der Waals surface area contributed by atoms with E-state index >= 15 is 0 Å². The molecule has 0 saturated carbocycles. The summed E-state index contributed by atoms with van der Waals surface area (Å²) in [5.41, 5.74) is 0.688. The number of hydrogen-bond acceptors (Lipinski definition) is 5. The Balaban J connectivity index is 1.94. The maximum Gasteiger partial charge on any atom is 0.269 e. The average molecular weight is 249 g/mol. The van der Waals surface area contributed by atoms with Crippen LogP contribution in [0, 0.1) is 10.1 Å². The molecule has 0 atom stereocenters. The molecule has 1 heterocycles. The van der Waals surface area contributed by atoms with E-state index in [0.29, 0.717) is 5.69 Å². The molecule has 1 aliphatic rings. The predicted octanol–water partition coefficient (Wildman–Crippen LogP) is 1.84. The van der Waals surface area contributed by atoms with Crippen LogP contribution >= 0.6 is 0 Å². The summed E-state index contributed by atoms with van der Waals surface area (Å²) in [7, 11) is 2.07. The van der Waals surface area contributed by atoms with Crippen LogP contribution in [0.25, 0.3) is 0 Å². The number of rotatable bonds is 3. The van der Waals surface area contributed by atoms with Crippen LogP contribution in [-0.2, 0) is 0 Å². The molecule has 1 aliphatic heterocycles. The third-order valence-electron chi connectivity index (χ3n) is 2.83. The summed E-state index contributed by atoms with van der Waals surface area (Å²) >= 11 is 0. The van der Waals surface area contributed by atoms with E-state index in [1.54, 1.807) is 12.1 Å². The maximum atomic E-state index is 10.5. The van der Waals surface area contributed by atoms with Crippen molar-refractivity contribution >= 4 is 11.4 Å². The Bertz CT molecular complexity index is 437. The van der Waals surface area contributed by atoms with Gasteiger partial charge < -0.3 is 4.90 Å². The Morgan fingerprint density at radius 2 is 1.78 bits per heavy atom. The molecule has 0 amide bonds. The molecular formula is C11H15N5O2. The quantitative estimate of drug-likeness (QED) is 0.465. The number of hydrogen-bond donors (Lipinski definition) is 0. The lowest BCUT2D eigenvalue weighted by Crippen LogP contribution is -2.41. The van der Waals surface area contributed by atoms with Gasteiger partial charge >= 0.3 is 0 Å². The first-order valence-corrected chi connectivity index (χ1v) is 5.75. The molecule has 7 nitrogen and oxygen atoms in total. The Morgan fingerprint density at radius 3 is 2.33 bits per heavy atom. The van der Waals surface area contributed by atoms with Gasteiger partial charge in [-0.3, -0.25) is 15.1 Å². The SMILES string of the molecule is CN1CCN(N=Nc2ccc([N+](=O)[O-])cc2)CC1. The largest absolute Gasteiger partial charge is 0.303 e. The highest BCUT2D eigenvalue weighted by Crippen LogP contribution is 2.18. The van der Waals surface area contributed by atoms with Crippen LogP contribution in [0.15, 0.2) is 34.6 Å². The van der Waals surface area contributed by atoms with Crippen LogP contribution < -0.4 is 0 Å². The highest BCUT2D eigenvalue weighted by molar-refractivity contribution is 5.43. The molecule has 96 valence electrons. The van der Waals surface area contributed by atoms with Crippen molar-refractivity contribution in [2.24, 2.45) is 10.3 Å². The molecule has 1 aromatic rings. The number of piperazine rings is 1. The molecule has 0 aliphatic carbocycles. The molecular weight excluding hydrogens is 234 g/mol. The highest BCUT2D eigenvalue weighted by atomic mass is 16.6. The number of non-ortho nitro benzene ring substituents is 1. The first-order valence-electron chi connectivity index (χ1n) is 5.75. The van der Waals surface area contributed by atoms with Crippen LogP contribution in [-0.4, -0.2) is 48.1 Å². The lowest BCUT2D eigenvalue weighted by molar-refractivity contribution is -0.384. The van der Waals surface area contributed by atoms with Gasteiger partial charge in [-0.15, -0.1) is 5.11 Å². The van der Waals surface area contributed by atoms with E-state index in [2.05, 4.69) is 22.3 Å². The minimum absolute atomic E-state index is 0.0635. The summed E-state index contributed by atoms with van der Waals surface area (Å²) in [6.45, 7) is 3.65. The second-order valence-corrected chi connectivity index (χ2v) is 4.22. The van der Waals surface area contributed by atoms with Gasteiger partial charge in [0.15, 0.2) is 0 Å². The molecule has 0 unspecified atom stereocenters. The van der Waals surface area contributed by atoms with Crippen LogP contribution in [0.2, 0.25) is 0 Å². The van der Waals surface area contributed by atoms with Gasteiger partial charge in [0, 0.05) is 25.2 Å². The van der Waals surface area contributed by atoms with E-state index in [4.69, 9.17) is 0 Å². The van der Waals surface area contributed by atoms with Crippen molar-refractivity contribution in [2.75, 3.05) is 33.2 Å². The molecule has 0 aromatic heterocycles. The van der Waals surface area contributed by atoms with E-state index in [9.17, 15) is 10.1 Å². The van der Waals surface area contributed by atoms with Crippen molar-refractivity contribution < 1.29 is 4.92 Å². The normalized spacial score (nSPS) is 17.3. The van der Waals surface area contributed by atoms with Crippen molar-refractivity contribution in [1.29, 1.82) is 0 Å². The number of nitrogens with zero attached hydrogens (tertiary/aromatic N) is 5. The summed E-state index contributed by atoms with van der Waals surface area (Å²) in [6.07, 6.45) is 0. The molecule has 0 spiro atoms. The zero-order valence-electron chi connectivity index (χ0n) is 10.2. The summed E-state index contributed by atoms with van der Waals surface area (Å²) in [5.74, 6) is 0. The number of likely N-dealkylation sites (N-methyl/N-ethyl adjacent to an activating group) is 1. The monoisotopic (exact) mass is 249 g/mol. The van der Waals surface area contributed by atoms with Crippen molar-refractivity contribution in [3.63, 3.8) is 0 Å². The van der Waals surface area contributed by atoms with Crippen LogP contribution in [0.3, 0.4) is 0 Å². The van der Waals surface area contributed by atoms with E-state index in [-0.39, 0.29) is 5.69 Å². The summed E-state index contributed by atoms with van der Waals surface area (Å²) in [6, 6.07) is 6.05. The molecule has 1 fully saturated rings. The average Bonchev–Trinajstić information content (AvgIpc) is 2.38. The summed E-state index contributed by atoms with van der Waals surface area (Å²) in [4.78, 5) is 12.3.